The topological polar surface area (TPSA) is 61.6 Å². The maximum absolute atomic E-state index is 13.6. The average molecular weight is 498 g/mol. The molecule has 2 aromatic carbocycles. The van der Waals surface area contributed by atoms with E-state index in [9.17, 15) is 18.0 Å². The van der Waals surface area contributed by atoms with Gasteiger partial charge in [0.1, 0.15) is 28.6 Å². The zero-order valence-electron chi connectivity index (χ0n) is 16.7. The van der Waals surface area contributed by atoms with Gasteiger partial charge in [-0.2, -0.15) is 13.2 Å². The third kappa shape index (κ3) is 5.66. The van der Waals surface area contributed by atoms with Gasteiger partial charge in [-0.15, -0.1) is 0 Å². The lowest BCUT2D eigenvalue weighted by Crippen LogP contribution is -2.18. The number of hydrogen-bond acceptors (Lipinski definition) is 5. The molecule has 0 saturated heterocycles. The van der Waals surface area contributed by atoms with E-state index in [0.717, 1.165) is 11.6 Å². The van der Waals surface area contributed by atoms with Crippen LogP contribution in [0.15, 0.2) is 52.9 Å². The fraction of sp³-hybridized carbons (Fsp3) is 0.273. The number of nitrogens with zero attached hydrogens (tertiary/aromatic N) is 1. The molecule has 0 bridgehead atoms. The van der Waals surface area contributed by atoms with Gasteiger partial charge in [0.2, 0.25) is 5.89 Å². The zero-order chi connectivity index (χ0) is 22.6. The molecular weight excluding hydrogens is 479 g/mol. The van der Waals surface area contributed by atoms with Crippen LogP contribution in [0.25, 0.3) is 11.5 Å². The lowest BCUT2D eigenvalue weighted by atomic mass is 10.0. The Balaban J connectivity index is 1.80. The van der Waals surface area contributed by atoms with Crippen molar-refractivity contribution in [3.05, 3.63) is 71.1 Å². The van der Waals surface area contributed by atoms with E-state index in [1.807, 2.05) is 30.3 Å². The van der Waals surface area contributed by atoms with Crippen LogP contribution in [-0.2, 0) is 28.7 Å². The first-order chi connectivity index (χ1) is 14.7. The van der Waals surface area contributed by atoms with Gasteiger partial charge in [-0.3, -0.25) is 4.79 Å². The molecule has 164 valence electrons. The number of aryl methyl sites for hydroxylation is 1. The molecule has 31 heavy (non-hydrogen) atoms. The standard InChI is InChI=1S/C22H19BrF3NO4/c1-13-18(27-20(31-13)15-6-4-3-5-7-15)12-30-19-9-8-14(10-16(19)22(24,25)26)11-17(23)21(28)29-2/h3-10,17H,11-12H2,1-2H3. The smallest absolute Gasteiger partial charge is 0.419 e. The molecular formula is C22H19BrF3NO4. The molecule has 0 saturated carbocycles. The number of ether oxygens (including phenoxy) is 2. The van der Waals surface area contributed by atoms with Gasteiger partial charge >= 0.3 is 12.1 Å². The Kier molecular flexibility index (Phi) is 7.04. The molecule has 1 atom stereocenters. The maximum Gasteiger partial charge on any atom is 0.419 e. The number of aromatic nitrogens is 1. The van der Waals surface area contributed by atoms with Crippen LogP contribution in [0.5, 0.6) is 5.75 Å². The number of carbonyl (C=O) groups excluding carboxylic acids is 1. The first-order valence-corrected chi connectivity index (χ1v) is 10.2. The van der Waals surface area contributed by atoms with Gasteiger partial charge in [0.25, 0.3) is 0 Å². The van der Waals surface area contributed by atoms with Crippen LogP contribution in [0.3, 0.4) is 0 Å². The van der Waals surface area contributed by atoms with E-state index < -0.39 is 22.5 Å². The van der Waals surface area contributed by atoms with Crippen molar-refractivity contribution in [3.8, 4) is 17.2 Å². The Morgan fingerprint density at radius 2 is 1.90 bits per heavy atom. The number of methoxy groups -OCH3 is 1. The fourth-order valence-electron chi connectivity index (χ4n) is 2.88. The van der Waals surface area contributed by atoms with E-state index >= 15 is 0 Å². The van der Waals surface area contributed by atoms with E-state index in [1.165, 1.54) is 19.2 Å². The summed E-state index contributed by atoms with van der Waals surface area (Å²) in [4.78, 5) is 15.1. The highest BCUT2D eigenvalue weighted by atomic mass is 79.9. The Hall–Kier alpha value is -2.81. The molecule has 1 aromatic heterocycles. The molecule has 0 aliphatic rings. The summed E-state index contributed by atoms with van der Waals surface area (Å²) < 4.78 is 56.5. The average Bonchev–Trinajstić information content (AvgIpc) is 3.12. The van der Waals surface area contributed by atoms with Crippen LogP contribution in [0, 0.1) is 6.92 Å². The number of rotatable bonds is 7. The number of benzene rings is 2. The second-order valence-electron chi connectivity index (χ2n) is 6.70. The molecule has 0 N–H and O–H groups in total. The Morgan fingerprint density at radius 3 is 2.55 bits per heavy atom. The highest BCUT2D eigenvalue weighted by Crippen LogP contribution is 2.37. The lowest BCUT2D eigenvalue weighted by molar-refractivity contribution is -0.140. The Labute approximate surface area is 185 Å². The SMILES string of the molecule is COC(=O)C(Br)Cc1ccc(OCc2nc(-c3ccccc3)oc2C)c(C(F)(F)F)c1. The van der Waals surface area contributed by atoms with E-state index in [0.29, 0.717) is 22.9 Å². The summed E-state index contributed by atoms with van der Waals surface area (Å²) in [5, 5.41) is 0. The molecule has 3 aromatic rings. The quantitative estimate of drug-likeness (QED) is 0.308. The molecule has 0 aliphatic heterocycles. The molecule has 5 nitrogen and oxygen atoms in total. The van der Waals surface area contributed by atoms with Crippen molar-refractivity contribution in [2.75, 3.05) is 7.11 Å². The Bertz CT molecular complexity index is 1050. The van der Waals surface area contributed by atoms with Crippen LogP contribution >= 0.6 is 15.9 Å². The summed E-state index contributed by atoms with van der Waals surface area (Å²) in [5.74, 6) is -0.0628. The van der Waals surface area contributed by atoms with Crippen molar-refractivity contribution in [1.29, 1.82) is 0 Å². The summed E-state index contributed by atoms with van der Waals surface area (Å²) in [6, 6.07) is 12.9. The van der Waals surface area contributed by atoms with Gasteiger partial charge < -0.3 is 13.9 Å². The predicted octanol–water partition coefficient (Wildman–Crippen LogP) is 5.73. The summed E-state index contributed by atoms with van der Waals surface area (Å²) >= 11 is 3.12. The zero-order valence-corrected chi connectivity index (χ0v) is 18.3. The number of halogens is 4. The third-order valence-corrected chi connectivity index (χ3v) is 5.20. The third-order valence-electron chi connectivity index (χ3n) is 4.50. The largest absolute Gasteiger partial charge is 0.487 e. The van der Waals surface area contributed by atoms with Crippen LogP contribution in [0.1, 0.15) is 22.6 Å². The second-order valence-corrected chi connectivity index (χ2v) is 7.81. The molecule has 0 amide bonds. The first-order valence-electron chi connectivity index (χ1n) is 9.25. The van der Waals surface area contributed by atoms with E-state index in [2.05, 4.69) is 25.7 Å². The van der Waals surface area contributed by atoms with Crippen LogP contribution in [-0.4, -0.2) is 22.9 Å². The van der Waals surface area contributed by atoms with Crippen LogP contribution in [0.4, 0.5) is 13.2 Å². The van der Waals surface area contributed by atoms with Gasteiger partial charge in [0.15, 0.2) is 0 Å². The second kappa shape index (κ2) is 9.55. The van der Waals surface area contributed by atoms with E-state index in [4.69, 9.17) is 9.15 Å². The molecule has 3 rings (SSSR count). The van der Waals surface area contributed by atoms with Crippen LogP contribution < -0.4 is 4.74 Å². The molecule has 9 heteroatoms. The maximum atomic E-state index is 13.6. The molecule has 0 fully saturated rings. The normalized spacial score (nSPS) is 12.5. The number of oxazole rings is 1. The summed E-state index contributed by atoms with van der Waals surface area (Å²) in [7, 11) is 1.21. The highest BCUT2D eigenvalue weighted by molar-refractivity contribution is 9.10. The van der Waals surface area contributed by atoms with Gasteiger partial charge in [-0.25, -0.2) is 4.98 Å². The minimum absolute atomic E-state index is 0.0405. The van der Waals surface area contributed by atoms with Crippen molar-refractivity contribution >= 4 is 21.9 Å². The van der Waals surface area contributed by atoms with Crippen molar-refractivity contribution in [3.63, 3.8) is 0 Å². The molecule has 1 heterocycles. The van der Waals surface area contributed by atoms with E-state index in [-0.39, 0.29) is 18.8 Å². The number of carbonyl (C=O) groups is 1. The molecule has 0 spiro atoms. The minimum Gasteiger partial charge on any atom is -0.487 e. The highest BCUT2D eigenvalue weighted by Gasteiger charge is 2.35. The van der Waals surface area contributed by atoms with Gasteiger partial charge in [0, 0.05) is 5.56 Å². The summed E-state index contributed by atoms with van der Waals surface area (Å²) in [6.07, 6.45) is -4.59. The van der Waals surface area contributed by atoms with Crippen molar-refractivity contribution in [2.45, 2.75) is 31.0 Å². The number of esters is 1. The Morgan fingerprint density at radius 1 is 1.19 bits per heavy atom. The lowest BCUT2D eigenvalue weighted by Gasteiger charge is -2.16. The molecule has 1 unspecified atom stereocenters. The van der Waals surface area contributed by atoms with Crippen molar-refractivity contribution in [2.24, 2.45) is 0 Å². The predicted molar refractivity (Wildman–Crippen MR) is 111 cm³/mol. The van der Waals surface area contributed by atoms with Gasteiger partial charge in [-0.05, 0) is 43.2 Å². The minimum atomic E-state index is -4.63. The number of alkyl halides is 4. The number of hydrogen-bond donors (Lipinski definition) is 0. The van der Waals surface area contributed by atoms with Gasteiger partial charge in [0.05, 0.1) is 12.7 Å². The van der Waals surface area contributed by atoms with Crippen molar-refractivity contribution in [1.82, 2.24) is 4.98 Å². The first kappa shape index (κ1) is 22.9. The van der Waals surface area contributed by atoms with E-state index in [1.54, 1.807) is 6.92 Å². The van der Waals surface area contributed by atoms with Gasteiger partial charge in [-0.1, -0.05) is 40.2 Å². The van der Waals surface area contributed by atoms with Crippen molar-refractivity contribution < 1.29 is 31.9 Å². The molecule has 0 radical (unpaired) electrons. The fourth-order valence-corrected chi connectivity index (χ4v) is 3.44. The molecule has 0 aliphatic carbocycles. The summed E-state index contributed by atoms with van der Waals surface area (Å²) in [5.41, 5.74) is 0.546. The summed E-state index contributed by atoms with van der Waals surface area (Å²) in [6.45, 7) is 1.49. The monoisotopic (exact) mass is 497 g/mol. The van der Waals surface area contributed by atoms with Crippen LogP contribution in [0.2, 0.25) is 0 Å².